The third-order valence-corrected chi connectivity index (χ3v) is 14.2. The van der Waals surface area contributed by atoms with Crippen molar-refractivity contribution in [2.45, 2.75) is 341 Å². The first-order valence-corrected chi connectivity index (χ1v) is 32.3. The number of allylic oxidation sites excluding steroid dienone is 10. The molecule has 1 atom stereocenters. The van der Waals surface area contributed by atoms with Crippen molar-refractivity contribution in [2.75, 3.05) is 13.2 Å². The molecule has 0 radical (unpaired) electrons. The Morgan fingerprint density at radius 3 is 0.811 bits per heavy atom. The lowest BCUT2D eigenvalue weighted by Gasteiger charge is -2.18. The molecule has 0 N–H and O–H groups in total. The summed E-state index contributed by atoms with van der Waals surface area (Å²) in [5.74, 6) is -0.875. The predicted octanol–water partition coefficient (Wildman–Crippen LogP) is 21.9. The zero-order chi connectivity index (χ0) is 53.6. The second kappa shape index (κ2) is 62.6. The molecule has 6 nitrogen and oxygen atoms in total. The Morgan fingerprint density at radius 1 is 0.270 bits per heavy atom. The fourth-order valence-corrected chi connectivity index (χ4v) is 9.37. The van der Waals surface area contributed by atoms with Crippen LogP contribution in [0.1, 0.15) is 335 Å². The normalized spacial score (nSPS) is 12.4. The van der Waals surface area contributed by atoms with Crippen LogP contribution in [0.25, 0.3) is 0 Å². The van der Waals surface area contributed by atoms with Gasteiger partial charge in [-0.3, -0.25) is 14.4 Å². The number of carbonyl (C=O) groups is 3. The highest BCUT2D eigenvalue weighted by atomic mass is 16.6. The molecular formula is C68H122O6. The van der Waals surface area contributed by atoms with Crippen molar-refractivity contribution in [3.63, 3.8) is 0 Å². The molecule has 0 rings (SSSR count). The van der Waals surface area contributed by atoms with Crippen molar-refractivity contribution in [2.24, 2.45) is 0 Å². The van der Waals surface area contributed by atoms with E-state index in [-0.39, 0.29) is 31.1 Å². The fraction of sp³-hybridized carbons (Fsp3) is 0.809. The summed E-state index contributed by atoms with van der Waals surface area (Å²) in [4.78, 5) is 38.3. The molecule has 0 aliphatic heterocycles. The van der Waals surface area contributed by atoms with E-state index in [1.807, 2.05) is 0 Å². The summed E-state index contributed by atoms with van der Waals surface area (Å²) < 4.78 is 16.9. The van der Waals surface area contributed by atoms with Crippen LogP contribution in [0.15, 0.2) is 60.8 Å². The van der Waals surface area contributed by atoms with Crippen molar-refractivity contribution >= 4 is 17.9 Å². The lowest BCUT2D eigenvalue weighted by molar-refractivity contribution is -0.167. The van der Waals surface area contributed by atoms with Crippen LogP contribution in [-0.2, 0) is 28.6 Å². The molecule has 0 aliphatic carbocycles. The van der Waals surface area contributed by atoms with Crippen molar-refractivity contribution in [3.8, 4) is 0 Å². The van der Waals surface area contributed by atoms with E-state index in [2.05, 4.69) is 81.5 Å². The Labute approximate surface area is 460 Å². The minimum absolute atomic E-state index is 0.0764. The number of hydrogen-bond donors (Lipinski definition) is 0. The zero-order valence-electron chi connectivity index (χ0n) is 49.4. The standard InChI is InChI=1S/C68H122O6/c1-4-7-10-13-16-19-22-25-27-29-30-31-32-33-34-35-36-37-38-39-41-43-46-49-52-55-58-61-67(70)73-64-65(63-72-66(69)60-57-54-51-48-45-42-24-21-18-15-12-9-6-3)74-68(71)62-59-56-53-50-47-44-40-28-26-23-20-17-14-11-8-5-2/h12,15,21-22,24-25,29-30,32-33,65H,4-11,13-14,16-20,23,26-28,31,34-64H2,1-3H3/b15-12-,24-21-,25-22-,30-29-,33-32-. The van der Waals surface area contributed by atoms with Crippen LogP contribution in [-0.4, -0.2) is 37.2 Å². The molecule has 74 heavy (non-hydrogen) atoms. The monoisotopic (exact) mass is 1030 g/mol. The summed E-state index contributed by atoms with van der Waals surface area (Å²) in [5, 5.41) is 0. The first kappa shape index (κ1) is 71.1. The highest BCUT2D eigenvalue weighted by molar-refractivity contribution is 5.71. The van der Waals surface area contributed by atoms with Crippen molar-refractivity contribution in [1.82, 2.24) is 0 Å². The van der Waals surface area contributed by atoms with Gasteiger partial charge in [0.25, 0.3) is 0 Å². The zero-order valence-corrected chi connectivity index (χ0v) is 49.4. The van der Waals surface area contributed by atoms with E-state index in [0.717, 1.165) is 96.3 Å². The lowest BCUT2D eigenvalue weighted by Crippen LogP contribution is -2.30. The highest BCUT2D eigenvalue weighted by Gasteiger charge is 2.19. The molecular weight excluding hydrogens is 913 g/mol. The van der Waals surface area contributed by atoms with E-state index in [0.29, 0.717) is 19.3 Å². The summed E-state index contributed by atoms with van der Waals surface area (Å²) in [7, 11) is 0. The van der Waals surface area contributed by atoms with Crippen LogP contribution in [0.3, 0.4) is 0 Å². The maximum absolute atomic E-state index is 12.9. The van der Waals surface area contributed by atoms with Gasteiger partial charge in [0.05, 0.1) is 0 Å². The number of hydrogen-bond acceptors (Lipinski definition) is 6. The van der Waals surface area contributed by atoms with Gasteiger partial charge < -0.3 is 14.2 Å². The number of rotatable bonds is 59. The van der Waals surface area contributed by atoms with Gasteiger partial charge in [-0.25, -0.2) is 0 Å². The van der Waals surface area contributed by atoms with E-state index in [9.17, 15) is 14.4 Å². The molecule has 0 saturated heterocycles. The largest absolute Gasteiger partial charge is 0.462 e. The third-order valence-electron chi connectivity index (χ3n) is 14.2. The van der Waals surface area contributed by atoms with E-state index >= 15 is 0 Å². The second-order valence-corrected chi connectivity index (χ2v) is 21.7. The molecule has 1 unspecified atom stereocenters. The topological polar surface area (TPSA) is 78.9 Å². The Kier molecular flexibility index (Phi) is 60.2. The highest BCUT2D eigenvalue weighted by Crippen LogP contribution is 2.17. The number of ether oxygens (including phenoxy) is 3. The number of esters is 3. The average molecular weight is 1040 g/mol. The van der Waals surface area contributed by atoms with Crippen LogP contribution >= 0.6 is 0 Å². The third kappa shape index (κ3) is 60.0. The number of unbranched alkanes of at least 4 members (excludes halogenated alkanes) is 38. The molecule has 0 aromatic carbocycles. The summed E-state index contributed by atoms with van der Waals surface area (Å²) in [6.07, 6.45) is 79.4. The summed E-state index contributed by atoms with van der Waals surface area (Å²) in [6, 6.07) is 0. The summed E-state index contributed by atoms with van der Waals surface area (Å²) in [6.45, 7) is 6.59. The van der Waals surface area contributed by atoms with Crippen molar-refractivity contribution in [1.29, 1.82) is 0 Å². The van der Waals surface area contributed by atoms with Gasteiger partial charge in [-0.05, 0) is 83.5 Å². The molecule has 0 aliphatic rings. The van der Waals surface area contributed by atoms with Gasteiger partial charge in [-0.1, -0.05) is 293 Å². The number of carbonyl (C=O) groups excluding carboxylic acids is 3. The maximum atomic E-state index is 12.9. The minimum atomic E-state index is -0.779. The van der Waals surface area contributed by atoms with Crippen LogP contribution in [0.5, 0.6) is 0 Å². The Morgan fingerprint density at radius 2 is 0.514 bits per heavy atom. The second-order valence-electron chi connectivity index (χ2n) is 21.7. The molecule has 0 heterocycles. The molecule has 430 valence electrons. The molecule has 0 amide bonds. The molecule has 0 bridgehead atoms. The Balaban J connectivity index is 4.25. The molecule has 0 spiro atoms. The smallest absolute Gasteiger partial charge is 0.306 e. The lowest BCUT2D eigenvalue weighted by atomic mass is 10.0. The fourth-order valence-electron chi connectivity index (χ4n) is 9.37. The Hall–Kier alpha value is -2.89. The SMILES string of the molecule is CCC/C=C\C/C=C\CCCCCCCC(=O)OCC(COC(=O)CCCCCCCCCCCCCC/C=C\C/C=C\C/C=C\CCCCCCC)OC(=O)CCCCCCCCCCCCCCCCCC. The summed E-state index contributed by atoms with van der Waals surface area (Å²) in [5.41, 5.74) is 0. The van der Waals surface area contributed by atoms with Crippen molar-refractivity contribution in [3.05, 3.63) is 60.8 Å². The van der Waals surface area contributed by atoms with Gasteiger partial charge in [0, 0.05) is 19.3 Å². The van der Waals surface area contributed by atoms with E-state index < -0.39 is 6.10 Å². The van der Waals surface area contributed by atoms with Gasteiger partial charge in [0.2, 0.25) is 0 Å². The molecule has 0 aromatic heterocycles. The quantitative estimate of drug-likeness (QED) is 0.0261. The van der Waals surface area contributed by atoms with Gasteiger partial charge in [0.15, 0.2) is 6.10 Å². The molecule has 0 fully saturated rings. The summed E-state index contributed by atoms with van der Waals surface area (Å²) >= 11 is 0. The minimum Gasteiger partial charge on any atom is -0.462 e. The first-order chi connectivity index (χ1) is 36.5. The van der Waals surface area contributed by atoms with Crippen LogP contribution < -0.4 is 0 Å². The van der Waals surface area contributed by atoms with Gasteiger partial charge in [0.1, 0.15) is 13.2 Å². The van der Waals surface area contributed by atoms with E-state index in [4.69, 9.17) is 14.2 Å². The van der Waals surface area contributed by atoms with Crippen LogP contribution in [0, 0.1) is 0 Å². The molecule has 0 aromatic rings. The van der Waals surface area contributed by atoms with Crippen LogP contribution in [0.2, 0.25) is 0 Å². The maximum Gasteiger partial charge on any atom is 0.306 e. The van der Waals surface area contributed by atoms with E-state index in [1.54, 1.807) is 0 Å². The van der Waals surface area contributed by atoms with Gasteiger partial charge in [-0.2, -0.15) is 0 Å². The van der Waals surface area contributed by atoms with Gasteiger partial charge in [-0.15, -0.1) is 0 Å². The average Bonchev–Trinajstić information content (AvgIpc) is 3.40. The molecule has 0 saturated carbocycles. The molecule has 6 heteroatoms. The predicted molar refractivity (Wildman–Crippen MR) is 321 cm³/mol. The van der Waals surface area contributed by atoms with E-state index in [1.165, 1.54) is 199 Å². The van der Waals surface area contributed by atoms with Crippen molar-refractivity contribution < 1.29 is 28.6 Å². The van der Waals surface area contributed by atoms with Gasteiger partial charge >= 0.3 is 17.9 Å². The van der Waals surface area contributed by atoms with Crippen LogP contribution in [0.4, 0.5) is 0 Å². The first-order valence-electron chi connectivity index (χ1n) is 32.3. The Bertz CT molecular complexity index is 1330.